The van der Waals surface area contributed by atoms with Gasteiger partial charge >= 0.3 is 0 Å². The standard InChI is InChI=1S/C21H19BrN2O3S/c1-14-23-17(13-28-14)12-27-19-6-4-3-5-15(19)7-10-21(25)24-18-11-16(22)8-9-20(18)26-2/h3-11,13H,12H2,1-2H3,(H,24,25). The van der Waals surface area contributed by atoms with Crippen molar-refractivity contribution < 1.29 is 14.3 Å². The number of para-hydroxylation sites is 1. The summed E-state index contributed by atoms with van der Waals surface area (Å²) in [7, 11) is 1.56. The molecule has 0 fully saturated rings. The summed E-state index contributed by atoms with van der Waals surface area (Å²) in [4.78, 5) is 16.7. The smallest absolute Gasteiger partial charge is 0.248 e. The molecule has 0 aliphatic heterocycles. The molecule has 7 heteroatoms. The first-order valence-corrected chi connectivity index (χ1v) is 10.2. The lowest BCUT2D eigenvalue weighted by Gasteiger charge is -2.09. The van der Waals surface area contributed by atoms with Crippen LogP contribution in [0.5, 0.6) is 11.5 Å². The lowest BCUT2D eigenvalue weighted by molar-refractivity contribution is -0.111. The number of hydrogen-bond acceptors (Lipinski definition) is 5. The molecule has 1 heterocycles. The number of nitrogens with one attached hydrogen (secondary N) is 1. The fraction of sp³-hybridized carbons (Fsp3) is 0.143. The maximum Gasteiger partial charge on any atom is 0.248 e. The van der Waals surface area contributed by atoms with Crippen molar-refractivity contribution in [2.24, 2.45) is 0 Å². The van der Waals surface area contributed by atoms with E-state index in [2.05, 4.69) is 26.2 Å². The molecule has 0 unspecified atom stereocenters. The van der Waals surface area contributed by atoms with E-state index in [-0.39, 0.29) is 5.91 Å². The van der Waals surface area contributed by atoms with E-state index in [9.17, 15) is 4.79 Å². The SMILES string of the molecule is COc1ccc(Br)cc1NC(=O)C=Cc1ccccc1OCc1csc(C)n1. The van der Waals surface area contributed by atoms with Gasteiger partial charge in [-0.15, -0.1) is 11.3 Å². The van der Waals surface area contributed by atoms with Crippen LogP contribution in [-0.2, 0) is 11.4 Å². The summed E-state index contributed by atoms with van der Waals surface area (Å²) >= 11 is 4.98. The molecule has 2 aromatic carbocycles. The number of rotatable bonds is 7. The maximum atomic E-state index is 12.3. The highest BCUT2D eigenvalue weighted by Gasteiger charge is 2.07. The second kappa shape index (κ2) is 9.52. The van der Waals surface area contributed by atoms with E-state index < -0.39 is 0 Å². The van der Waals surface area contributed by atoms with Crippen molar-refractivity contribution in [1.82, 2.24) is 4.98 Å². The third kappa shape index (κ3) is 5.43. The molecule has 5 nitrogen and oxygen atoms in total. The lowest BCUT2D eigenvalue weighted by Crippen LogP contribution is -2.09. The zero-order chi connectivity index (χ0) is 19.9. The Labute approximate surface area is 176 Å². The third-order valence-electron chi connectivity index (χ3n) is 3.79. The van der Waals surface area contributed by atoms with E-state index in [0.29, 0.717) is 23.8 Å². The Morgan fingerprint density at radius 1 is 1.25 bits per heavy atom. The first kappa shape index (κ1) is 20.1. The van der Waals surface area contributed by atoms with Gasteiger partial charge in [0.15, 0.2) is 0 Å². The van der Waals surface area contributed by atoms with Crippen molar-refractivity contribution in [3.63, 3.8) is 0 Å². The maximum absolute atomic E-state index is 12.3. The number of ether oxygens (including phenoxy) is 2. The fourth-order valence-corrected chi connectivity index (χ4v) is 3.45. The predicted octanol–water partition coefficient (Wildman–Crippen LogP) is 5.45. The number of amides is 1. The number of carbonyl (C=O) groups excluding carboxylic acids is 1. The van der Waals surface area contributed by atoms with Crippen molar-refractivity contribution in [3.05, 3.63) is 74.7 Å². The summed E-state index contributed by atoms with van der Waals surface area (Å²) in [5, 5.41) is 5.81. The minimum atomic E-state index is -0.263. The highest BCUT2D eigenvalue weighted by Crippen LogP contribution is 2.28. The monoisotopic (exact) mass is 458 g/mol. The number of benzene rings is 2. The number of nitrogens with zero attached hydrogens (tertiary/aromatic N) is 1. The molecule has 28 heavy (non-hydrogen) atoms. The highest BCUT2D eigenvalue weighted by atomic mass is 79.9. The van der Waals surface area contributed by atoms with Gasteiger partial charge < -0.3 is 14.8 Å². The van der Waals surface area contributed by atoms with Gasteiger partial charge in [0.2, 0.25) is 5.91 Å². The first-order valence-electron chi connectivity index (χ1n) is 8.50. The zero-order valence-corrected chi connectivity index (χ0v) is 17.8. The molecule has 0 radical (unpaired) electrons. The molecule has 0 aliphatic carbocycles. The Bertz CT molecular complexity index is 1000. The summed E-state index contributed by atoms with van der Waals surface area (Å²) in [5.74, 6) is 1.02. The van der Waals surface area contributed by atoms with E-state index in [0.717, 1.165) is 20.7 Å². The van der Waals surface area contributed by atoms with Crippen LogP contribution in [0.3, 0.4) is 0 Å². The Hall–Kier alpha value is -2.64. The van der Waals surface area contributed by atoms with E-state index in [1.165, 1.54) is 6.08 Å². The molecule has 1 amide bonds. The third-order valence-corrected chi connectivity index (χ3v) is 5.11. The highest BCUT2D eigenvalue weighted by molar-refractivity contribution is 9.10. The minimum Gasteiger partial charge on any atom is -0.495 e. The average Bonchev–Trinajstić information content (AvgIpc) is 3.11. The van der Waals surface area contributed by atoms with Crippen LogP contribution in [0.4, 0.5) is 5.69 Å². The number of halogens is 1. The van der Waals surface area contributed by atoms with Crippen LogP contribution >= 0.6 is 27.3 Å². The van der Waals surface area contributed by atoms with Crippen LogP contribution in [0.25, 0.3) is 6.08 Å². The zero-order valence-electron chi connectivity index (χ0n) is 15.4. The van der Waals surface area contributed by atoms with Crippen molar-refractivity contribution >= 4 is 44.9 Å². The second-order valence-electron chi connectivity index (χ2n) is 5.85. The molecular weight excluding hydrogens is 440 g/mol. The predicted molar refractivity (Wildman–Crippen MR) is 116 cm³/mol. The number of thiazole rings is 1. The van der Waals surface area contributed by atoms with E-state index in [1.807, 2.05) is 42.6 Å². The normalized spacial score (nSPS) is 10.8. The van der Waals surface area contributed by atoms with Crippen LogP contribution in [-0.4, -0.2) is 18.0 Å². The van der Waals surface area contributed by atoms with Gasteiger partial charge in [0, 0.05) is 21.5 Å². The molecule has 0 aliphatic rings. The number of hydrogen-bond donors (Lipinski definition) is 1. The largest absolute Gasteiger partial charge is 0.495 e. The first-order chi connectivity index (χ1) is 13.5. The van der Waals surface area contributed by atoms with Gasteiger partial charge in [-0.3, -0.25) is 4.79 Å². The van der Waals surface area contributed by atoms with Crippen LogP contribution in [0.1, 0.15) is 16.3 Å². The quantitative estimate of drug-likeness (QED) is 0.477. The van der Waals surface area contributed by atoms with Crippen molar-refractivity contribution in [2.45, 2.75) is 13.5 Å². The summed E-state index contributed by atoms with van der Waals surface area (Å²) in [6.07, 6.45) is 3.19. The fourth-order valence-electron chi connectivity index (χ4n) is 2.49. The van der Waals surface area contributed by atoms with Crippen LogP contribution in [0.15, 0.2) is 58.4 Å². The molecule has 3 rings (SSSR count). The summed E-state index contributed by atoms with van der Waals surface area (Å²) in [6, 6.07) is 13.0. The summed E-state index contributed by atoms with van der Waals surface area (Å²) in [6.45, 7) is 2.35. The van der Waals surface area contributed by atoms with Gasteiger partial charge in [0.25, 0.3) is 0 Å². The molecule has 144 valence electrons. The molecular formula is C21H19BrN2O3S. The van der Waals surface area contributed by atoms with Crippen LogP contribution in [0.2, 0.25) is 0 Å². The number of aromatic nitrogens is 1. The van der Waals surface area contributed by atoms with Gasteiger partial charge in [-0.05, 0) is 37.3 Å². The molecule has 0 saturated carbocycles. The second-order valence-corrected chi connectivity index (χ2v) is 7.83. The van der Waals surface area contributed by atoms with Gasteiger partial charge in [0.05, 0.1) is 23.5 Å². The molecule has 0 saturated heterocycles. The minimum absolute atomic E-state index is 0.263. The van der Waals surface area contributed by atoms with Crippen molar-refractivity contribution in [2.75, 3.05) is 12.4 Å². The van der Waals surface area contributed by atoms with Gasteiger partial charge in [0.1, 0.15) is 18.1 Å². The van der Waals surface area contributed by atoms with Crippen molar-refractivity contribution in [1.29, 1.82) is 0 Å². The van der Waals surface area contributed by atoms with Crippen LogP contribution < -0.4 is 14.8 Å². The number of anilines is 1. The Kier molecular flexibility index (Phi) is 6.84. The topological polar surface area (TPSA) is 60.5 Å². The average molecular weight is 459 g/mol. The molecule has 0 atom stereocenters. The summed E-state index contributed by atoms with van der Waals surface area (Å²) < 4.78 is 12.0. The van der Waals surface area contributed by atoms with Crippen molar-refractivity contribution in [3.8, 4) is 11.5 Å². The lowest BCUT2D eigenvalue weighted by atomic mass is 10.2. The van der Waals surface area contributed by atoms with E-state index in [4.69, 9.17) is 9.47 Å². The Balaban J connectivity index is 1.68. The molecule has 1 N–H and O–H groups in total. The van der Waals surface area contributed by atoms with Gasteiger partial charge in [-0.25, -0.2) is 4.98 Å². The van der Waals surface area contributed by atoms with Gasteiger partial charge in [-0.1, -0.05) is 34.1 Å². The Morgan fingerprint density at radius 3 is 2.82 bits per heavy atom. The molecule has 0 bridgehead atoms. The van der Waals surface area contributed by atoms with Gasteiger partial charge in [-0.2, -0.15) is 0 Å². The number of methoxy groups -OCH3 is 1. The summed E-state index contributed by atoms with van der Waals surface area (Å²) in [5.41, 5.74) is 2.29. The van der Waals surface area contributed by atoms with E-state index in [1.54, 1.807) is 36.7 Å². The van der Waals surface area contributed by atoms with E-state index >= 15 is 0 Å². The molecule has 1 aromatic heterocycles. The Morgan fingerprint density at radius 2 is 2.07 bits per heavy atom. The molecule has 3 aromatic rings. The van der Waals surface area contributed by atoms with Crippen LogP contribution in [0, 0.1) is 6.92 Å². The number of carbonyl (C=O) groups is 1. The number of aryl methyl sites for hydroxylation is 1. The molecule has 0 spiro atoms.